The van der Waals surface area contributed by atoms with E-state index in [0.29, 0.717) is 11.6 Å². The topological polar surface area (TPSA) is 54.0 Å². The Hall–Kier alpha value is -1.58. The van der Waals surface area contributed by atoms with Crippen LogP contribution in [0.5, 0.6) is 0 Å². The summed E-state index contributed by atoms with van der Waals surface area (Å²) < 4.78 is 0. The third-order valence-electron chi connectivity index (χ3n) is 2.77. The maximum atomic E-state index is 12.0. The highest BCUT2D eigenvalue weighted by Crippen LogP contribution is 2.20. The highest BCUT2D eigenvalue weighted by atomic mass is 16.1. The predicted molar refractivity (Wildman–Crippen MR) is 68.3 cm³/mol. The molecule has 1 aliphatic carbocycles. The number of carbonyl (C=O) groups is 1. The van der Waals surface area contributed by atoms with Crippen LogP contribution in [-0.4, -0.2) is 23.5 Å². The van der Waals surface area contributed by atoms with Gasteiger partial charge in [0.2, 0.25) is 0 Å². The summed E-state index contributed by atoms with van der Waals surface area (Å²) in [5.41, 5.74) is 1.66. The largest absolute Gasteiger partial charge is 0.370 e. The standard InChI is InChI=1S/C13H19N3O/c1-3-10-7-9(8-12(15-10)14-4-2)13(17)16-11-5-6-11/h7-8,11H,3-6H2,1-2H3,(H,14,15)(H,16,17). The molecule has 1 amide bonds. The van der Waals surface area contributed by atoms with Crippen LogP contribution >= 0.6 is 0 Å². The SMILES string of the molecule is CCNc1cc(C(=O)NC2CC2)cc(CC)n1. The molecule has 1 saturated carbocycles. The fourth-order valence-corrected chi connectivity index (χ4v) is 1.67. The van der Waals surface area contributed by atoms with Gasteiger partial charge in [0.25, 0.3) is 5.91 Å². The number of nitrogens with zero attached hydrogens (tertiary/aromatic N) is 1. The number of amides is 1. The van der Waals surface area contributed by atoms with Crippen LogP contribution in [0, 0.1) is 0 Å². The molecule has 1 aromatic heterocycles. The average Bonchev–Trinajstić information content (AvgIpc) is 3.13. The van der Waals surface area contributed by atoms with Crippen molar-refractivity contribution in [2.75, 3.05) is 11.9 Å². The molecule has 2 N–H and O–H groups in total. The summed E-state index contributed by atoms with van der Waals surface area (Å²) in [5.74, 6) is 0.802. The molecule has 92 valence electrons. The van der Waals surface area contributed by atoms with E-state index in [-0.39, 0.29) is 5.91 Å². The van der Waals surface area contributed by atoms with E-state index < -0.39 is 0 Å². The fourth-order valence-electron chi connectivity index (χ4n) is 1.67. The number of hydrogen-bond acceptors (Lipinski definition) is 3. The lowest BCUT2D eigenvalue weighted by molar-refractivity contribution is 0.0951. The van der Waals surface area contributed by atoms with Crippen LogP contribution in [-0.2, 0) is 6.42 Å². The van der Waals surface area contributed by atoms with E-state index in [1.54, 1.807) is 0 Å². The number of aryl methyl sites for hydroxylation is 1. The first-order valence-corrected chi connectivity index (χ1v) is 6.28. The van der Waals surface area contributed by atoms with Gasteiger partial charge in [-0.05, 0) is 38.3 Å². The maximum Gasteiger partial charge on any atom is 0.251 e. The number of carbonyl (C=O) groups excluding carboxylic acids is 1. The van der Waals surface area contributed by atoms with E-state index in [2.05, 4.69) is 15.6 Å². The second-order valence-electron chi connectivity index (χ2n) is 4.36. The Balaban J connectivity index is 2.18. The van der Waals surface area contributed by atoms with Crippen LogP contribution in [0.4, 0.5) is 5.82 Å². The molecule has 1 aliphatic rings. The van der Waals surface area contributed by atoms with Crippen molar-refractivity contribution in [3.63, 3.8) is 0 Å². The van der Waals surface area contributed by atoms with Crippen molar-refractivity contribution in [1.82, 2.24) is 10.3 Å². The lowest BCUT2D eigenvalue weighted by atomic mass is 10.2. The third kappa shape index (κ3) is 3.19. The molecule has 1 aromatic rings. The number of hydrogen-bond donors (Lipinski definition) is 2. The van der Waals surface area contributed by atoms with E-state index in [4.69, 9.17) is 0 Å². The molecule has 0 atom stereocenters. The first kappa shape index (κ1) is 11.9. The zero-order valence-electron chi connectivity index (χ0n) is 10.4. The van der Waals surface area contributed by atoms with Gasteiger partial charge >= 0.3 is 0 Å². The lowest BCUT2D eigenvalue weighted by Crippen LogP contribution is -2.25. The highest BCUT2D eigenvalue weighted by Gasteiger charge is 2.24. The molecule has 0 bridgehead atoms. The number of pyridine rings is 1. The summed E-state index contributed by atoms with van der Waals surface area (Å²) >= 11 is 0. The number of anilines is 1. The van der Waals surface area contributed by atoms with Crippen LogP contribution < -0.4 is 10.6 Å². The van der Waals surface area contributed by atoms with Crippen molar-refractivity contribution >= 4 is 11.7 Å². The Kier molecular flexibility index (Phi) is 3.61. The smallest absolute Gasteiger partial charge is 0.251 e. The van der Waals surface area contributed by atoms with Gasteiger partial charge in [0, 0.05) is 23.8 Å². The first-order chi connectivity index (χ1) is 8.22. The number of aromatic nitrogens is 1. The lowest BCUT2D eigenvalue weighted by Gasteiger charge is -2.09. The van der Waals surface area contributed by atoms with Crippen molar-refractivity contribution in [2.24, 2.45) is 0 Å². The molecule has 1 fully saturated rings. The monoisotopic (exact) mass is 233 g/mol. The Labute approximate surface area is 102 Å². The summed E-state index contributed by atoms with van der Waals surface area (Å²) in [5, 5.41) is 6.15. The molecule has 2 rings (SSSR count). The molecule has 0 aliphatic heterocycles. The Bertz CT molecular complexity index is 413. The van der Waals surface area contributed by atoms with Crippen LogP contribution in [0.1, 0.15) is 42.7 Å². The van der Waals surface area contributed by atoms with Crippen LogP contribution in [0.25, 0.3) is 0 Å². The molecular formula is C13H19N3O. The molecule has 4 heteroatoms. The summed E-state index contributed by atoms with van der Waals surface area (Å²) in [7, 11) is 0. The van der Waals surface area contributed by atoms with E-state index >= 15 is 0 Å². The van der Waals surface area contributed by atoms with Gasteiger partial charge in [0.15, 0.2) is 0 Å². The van der Waals surface area contributed by atoms with E-state index in [1.165, 1.54) is 0 Å². The van der Waals surface area contributed by atoms with Gasteiger partial charge in [-0.15, -0.1) is 0 Å². The first-order valence-electron chi connectivity index (χ1n) is 6.28. The summed E-state index contributed by atoms with van der Waals surface area (Å²) in [6.45, 7) is 4.87. The van der Waals surface area contributed by atoms with Gasteiger partial charge in [-0.25, -0.2) is 4.98 Å². The molecule has 0 spiro atoms. The maximum absolute atomic E-state index is 12.0. The van der Waals surface area contributed by atoms with Gasteiger partial charge < -0.3 is 10.6 Å². The summed E-state index contributed by atoms with van der Waals surface area (Å²) in [6, 6.07) is 4.09. The average molecular weight is 233 g/mol. The molecular weight excluding hydrogens is 214 g/mol. The molecule has 1 heterocycles. The predicted octanol–water partition coefficient (Wildman–Crippen LogP) is 1.97. The van der Waals surface area contributed by atoms with Gasteiger partial charge in [0.1, 0.15) is 5.82 Å². The van der Waals surface area contributed by atoms with E-state index in [0.717, 1.165) is 37.3 Å². The van der Waals surface area contributed by atoms with E-state index in [9.17, 15) is 4.79 Å². The Morgan fingerprint density at radius 1 is 1.41 bits per heavy atom. The van der Waals surface area contributed by atoms with Crippen molar-refractivity contribution in [2.45, 2.75) is 39.2 Å². The molecule has 0 aromatic carbocycles. The summed E-state index contributed by atoms with van der Waals surface area (Å²) in [6.07, 6.45) is 3.05. The Morgan fingerprint density at radius 2 is 2.18 bits per heavy atom. The zero-order chi connectivity index (χ0) is 12.3. The molecule has 0 unspecified atom stereocenters. The normalized spacial score (nSPS) is 14.5. The molecule has 0 saturated heterocycles. The van der Waals surface area contributed by atoms with Crippen molar-refractivity contribution < 1.29 is 4.79 Å². The van der Waals surface area contributed by atoms with Crippen LogP contribution in [0.2, 0.25) is 0 Å². The molecule has 17 heavy (non-hydrogen) atoms. The van der Waals surface area contributed by atoms with Gasteiger partial charge in [0.05, 0.1) is 0 Å². The van der Waals surface area contributed by atoms with Gasteiger partial charge in [-0.1, -0.05) is 6.92 Å². The third-order valence-corrected chi connectivity index (χ3v) is 2.77. The minimum atomic E-state index is 0.0174. The van der Waals surface area contributed by atoms with Crippen molar-refractivity contribution in [1.29, 1.82) is 0 Å². The number of rotatable bonds is 5. The molecule has 4 nitrogen and oxygen atoms in total. The van der Waals surface area contributed by atoms with Gasteiger partial charge in [-0.3, -0.25) is 4.79 Å². The van der Waals surface area contributed by atoms with Crippen molar-refractivity contribution in [3.8, 4) is 0 Å². The quantitative estimate of drug-likeness (QED) is 0.817. The minimum absolute atomic E-state index is 0.0174. The zero-order valence-corrected chi connectivity index (χ0v) is 10.4. The van der Waals surface area contributed by atoms with Gasteiger partial charge in [-0.2, -0.15) is 0 Å². The van der Waals surface area contributed by atoms with Crippen molar-refractivity contribution in [3.05, 3.63) is 23.4 Å². The highest BCUT2D eigenvalue weighted by molar-refractivity contribution is 5.95. The fraction of sp³-hybridized carbons (Fsp3) is 0.538. The molecule has 0 radical (unpaired) electrons. The summed E-state index contributed by atoms with van der Waals surface area (Å²) in [4.78, 5) is 16.4. The van der Waals surface area contributed by atoms with Crippen LogP contribution in [0.3, 0.4) is 0 Å². The Morgan fingerprint density at radius 3 is 2.76 bits per heavy atom. The van der Waals surface area contributed by atoms with Crippen LogP contribution in [0.15, 0.2) is 12.1 Å². The number of nitrogens with one attached hydrogen (secondary N) is 2. The van der Waals surface area contributed by atoms with E-state index in [1.807, 2.05) is 26.0 Å². The minimum Gasteiger partial charge on any atom is -0.370 e. The second-order valence-corrected chi connectivity index (χ2v) is 4.36. The second kappa shape index (κ2) is 5.17.